The fraction of sp³-hybridized carbons (Fsp3) is 0.667. The molecule has 0 aliphatic carbocycles. The molecule has 38 heavy (non-hydrogen) atoms. The maximum atomic E-state index is 13.6. The highest BCUT2D eigenvalue weighted by Gasteiger charge is 2.49. The summed E-state index contributed by atoms with van der Waals surface area (Å²) in [5.74, 6) is -0.141. The van der Waals surface area contributed by atoms with E-state index in [-0.39, 0.29) is 36.6 Å². The summed E-state index contributed by atoms with van der Waals surface area (Å²) in [6.07, 6.45) is 8.73. The van der Waals surface area contributed by atoms with Crippen molar-refractivity contribution in [2.75, 3.05) is 40.1 Å². The third-order valence-corrected chi connectivity index (χ3v) is 7.75. The topological polar surface area (TPSA) is 88.5 Å². The Kier molecular flexibility index (Phi) is 10.5. The molecular weight excluding hydrogens is 484 g/mol. The van der Waals surface area contributed by atoms with Crippen molar-refractivity contribution in [3.8, 4) is 17.2 Å². The first-order chi connectivity index (χ1) is 18.1. The van der Waals surface area contributed by atoms with E-state index in [0.29, 0.717) is 30.2 Å². The van der Waals surface area contributed by atoms with Crippen molar-refractivity contribution in [1.29, 1.82) is 0 Å². The average Bonchev–Trinajstić information content (AvgIpc) is 3.48. The first-order valence-electron chi connectivity index (χ1n) is 14.0. The number of likely N-dealkylation sites (tertiary alicyclic amines) is 1. The molecule has 1 saturated heterocycles. The normalized spacial score (nSPS) is 21.3. The molecule has 0 spiro atoms. The van der Waals surface area contributed by atoms with Gasteiger partial charge in [-0.1, -0.05) is 52.7 Å². The average molecular weight is 531 g/mol. The van der Waals surface area contributed by atoms with Crippen LogP contribution in [0.5, 0.6) is 17.2 Å². The van der Waals surface area contributed by atoms with E-state index < -0.39 is 11.9 Å². The number of nitrogens with zero attached hydrogens (tertiary/aromatic N) is 2. The number of amides is 1. The van der Waals surface area contributed by atoms with Gasteiger partial charge in [-0.15, -0.1) is 0 Å². The number of carbonyl (C=O) groups excluding carboxylic acids is 1. The monoisotopic (exact) mass is 530 g/mol. The Bertz CT molecular complexity index is 983. The molecule has 1 amide bonds. The molecule has 8 heteroatoms. The molecule has 2 aliphatic rings. The fourth-order valence-corrected chi connectivity index (χ4v) is 5.84. The SMILES string of the molecule is CC=CC(C)(C)C[C@H]1C(C(=O)O)[C@@H](c2cc(OC)c3c(c2)OCO3)CN1CC(=O)N(CCCC)CCCC. The van der Waals surface area contributed by atoms with Crippen molar-refractivity contribution in [1.82, 2.24) is 9.80 Å². The van der Waals surface area contributed by atoms with Crippen molar-refractivity contribution in [3.63, 3.8) is 0 Å². The molecule has 0 bridgehead atoms. The highest BCUT2D eigenvalue weighted by molar-refractivity contribution is 5.79. The van der Waals surface area contributed by atoms with Gasteiger partial charge in [0.2, 0.25) is 18.4 Å². The van der Waals surface area contributed by atoms with Crippen LogP contribution in [0.2, 0.25) is 0 Å². The summed E-state index contributed by atoms with van der Waals surface area (Å²) in [7, 11) is 1.57. The lowest BCUT2D eigenvalue weighted by Gasteiger charge is -2.34. The van der Waals surface area contributed by atoms with Gasteiger partial charge in [0, 0.05) is 31.6 Å². The molecule has 1 fully saturated rings. The zero-order chi connectivity index (χ0) is 27.9. The van der Waals surface area contributed by atoms with Gasteiger partial charge in [-0.05, 0) is 49.3 Å². The van der Waals surface area contributed by atoms with E-state index in [9.17, 15) is 14.7 Å². The summed E-state index contributed by atoms with van der Waals surface area (Å²) in [5, 5.41) is 10.5. The van der Waals surface area contributed by atoms with Gasteiger partial charge in [-0.25, -0.2) is 0 Å². The molecule has 3 atom stereocenters. The second kappa shape index (κ2) is 13.4. The van der Waals surface area contributed by atoms with Crippen molar-refractivity contribution >= 4 is 11.9 Å². The number of methoxy groups -OCH3 is 1. The van der Waals surface area contributed by atoms with Crippen LogP contribution in [0.3, 0.4) is 0 Å². The number of rotatable bonds is 14. The Morgan fingerprint density at radius 1 is 1.18 bits per heavy atom. The molecule has 0 radical (unpaired) electrons. The second-order valence-corrected chi connectivity index (χ2v) is 11.2. The summed E-state index contributed by atoms with van der Waals surface area (Å²) < 4.78 is 16.8. The van der Waals surface area contributed by atoms with E-state index in [1.54, 1.807) is 7.11 Å². The molecule has 1 N–H and O–H groups in total. The number of hydrogen-bond donors (Lipinski definition) is 1. The molecule has 8 nitrogen and oxygen atoms in total. The van der Waals surface area contributed by atoms with Crippen LogP contribution in [0.1, 0.15) is 78.2 Å². The van der Waals surface area contributed by atoms with Crippen LogP contribution in [0.25, 0.3) is 0 Å². The van der Waals surface area contributed by atoms with E-state index in [4.69, 9.17) is 14.2 Å². The lowest BCUT2D eigenvalue weighted by atomic mass is 9.77. The van der Waals surface area contributed by atoms with Gasteiger partial charge in [0.1, 0.15) is 0 Å². The smallest absolute Gasteiger partial charge is 0.308 e. The summed E-state index contributed by atoms with van der Waals surface area (Å²) in [5.41, 5.74) is 0.607. The third kappa shape index (κ3) is 7.01. The maximum absolute atomic E-state index is 13.6. The zero-order valence-corrected chi connectivity index (χ0v) is 24.0. The van der Waals surface area contributed by atoms with Gasteiger partial charge >= 0.3 is 5.97 Å². The summed E-state index contributed by atoms with van der Waals surface area (Å²) in [6.45, 7) is 12.8. The van der Waals surface area contributed by atoms with E-state index in [1.165, 1.54) is 0 Å². The summed E-state index contributed by atoms with van der Waals surface area (Å²) in [4.78, 5) is 30.5. The lowest BCUT2D eigenvalue weighted by molar-refractivity contribution is -0.144. The van der Waals surface area contributed by atoms with E-state index >= 15 is 0 Å². The Labute approximate surface area is 227 Å². The zero-order valence-electron chi connectivity index (χ0n) is 24.0. The Balaban J connectivity index is 1.97. The molecule has 2 heterocycles. The molecule has 0 saturated carbocycles. The van der Waals surface area contributed by atoms with Gasteiger partial charge in [-0.2, -0.15) is 0 Å². The van der Waals surface area contributed by atoms with Gasteiger partial charge in [-0.3, -0.25) is 14.5 Å². The van der Waals surface area contributed by atoms with Crippen LogP contribution >= 0.6 is 0 Å². The number of carbonyl (C=O) groups is 2. The van der Waals surface area contributed by atoms with Gasteiger partial charge < -0.3 is 24.2 Å². The van der Waals surface area contributed by atoms with E-state index in [1.807, 2.05) is 30.0 Å². The van der Waals surface area contributed by atoms with Crippen LogP contribution in [0, 0.1) is 11.3 Å². The highest BCUT2D eigenvalue weighted by atomic mass is 16.7. The van der Waals surface area contributed by atoms with Crippen molar-refractivity contribution in [3.05, 3.63) is 29.8 Å². The number of aliphatic carboxylic acids is 1. The number of carboxylic acids is 1. The van der Waals surface area contributed by atoms with Gasteiger partial charge in [0.05, 0.1) is 19.6 Å². The predicted molar refractivity (Wildman–Crippen MR) is 148 cm³/mol. The van der Waals surface area contributed by atoms with Gasteiger partial charge in [0.25, 0.3) is 0 Å². The number of ether oxygens (including phenoxy) is 3. The Hall–Kier alpha value is -2.74. The lowest BCUT2D eigenvalue weighted by Crippen LogP contribution is -2.45. The van der Waals surface area contributed by atoms with Crippen molar-refractivity contribution < 1.29 is 28.9 Å². The van der Waals surface area contributed by atoms with Crippen LogP contribution in [-0.2, 0) is 9.59 Å². The summed E-state index contributed by atoms with van der Waals surface area (Å²) in [6, 6.07) is 3.44. The first kappa shape index (κ1) is 29.8. The number of fused-ring (bicyclic) bond motifs is 1. The van der Waals surface area contributed by atoms with Crippen molar-refractivity contribution in [2.24, 2.45) is 11.3 Å². The molecule has 1 aromatic carbocycles. The van der Waals surface area contributed by atoms with Crippen LogP contribution in [0.15, 0.2) is 24.3 Å². The minimum atomic E-state index is -0.850. The van der Waals surface area contributed by atoms with Crippen LogP contribution in [0.4, 0.5) is 0 Å². The number of allylic oxidation sites excluding steroid dienone is 2. The number of unbranched alkanes of at least 4 members (excludes halogenated alkanes) is 2. The largest absolute Gasteiger partial charge is 0.493 e. The first-order valence-corrected chi connectivity index (χ1v) is 14.0. The van der Waals surface area contributed by atoms with Crippen LogP contribution < -0.4 is 14.2 Å². The van der Waals surface area contributed by atoms with E-state index in [0.717, 1.165) is 44.3 Å². The predicted octanol–water partition coefficient (Wildman–Crippen LogP) is 5.31. The quantitative estimate of drug-likeness (QED) is 0.326. The molecular formula is C30H46N2O6. The maximum Gasteiger partial charge on any atom is 0.308 e. The highest BCUT2D eigenvalue weighted by Crippen LogP contribution is 2.48. The standard InChI is InChI=1S/C30H46N2O6/c1-7-10-13-31(14-11-8-2)26(33)19-32-18-22(21-15-24(36-6)28-25(16-21)37-20-38-28)27(29(34)35)23(32)17-30(4,5)12-9-3/h9,12,15-16,22-23,27H,7-8,10-11,13-14,17-20H2,1-6H3,(H,34,35)/t22-,23+,27?/m1/s1. The minimum absolute atomic E-state index is 0.0776. The third-order valence-electron chi connectivity index (χ3n) is 7.75. The minimum Gasteiger partial charge on any atom is -0.493 e. The molecule has 0 aromatic heterocycles. The molecule has 1 unspecified atom stereocenters. The Morgan fingerprint density at radius 2 is 1.87 bits per heavy atom. The van der Waals surface area contributed by atoms with Crippen LogP contribution in [-0.4, -0.2) is 72.9 Å². The van der Waals surface area contributed by atoms with E-state index in [2.05, 4.69) is 38.7 Å². The van der Waals surface area contributed by atoms with Crippen molar-refractivity contribution in [2.45, 2.75) is 78.7 Å². The van der Waals surface area contributed by atoms with Gasteiger partial charge in [0.15, 0.2) is 11.5 Å². The number of hydrogen-bond acceptors (Lipinski definition) is 6. The number of carboxylic acid groups (broad SMARTS) is 1. The molecule has 2 aliphatic heterocycles. The number of benzene rings is 1. The molecule has 3 rings (SSSR count). The Morgan fingerprint density at radius 3 is 2.45 bits per heavy atom. The fourth-order valence-electron chi connectivity index (χ4n) is 5.84. The molecule has 212 valence electrons. The molecule has 1 aromatic rings. The summed E-state index contributed by atoms with van der Waals surface area (Å²) >= 11 is 0. The second-order valence-electron chi connectivity index (χ2n) is 11.2.